The predicted molar refractivity (Wildman–Crippen MR) is 123 cm³/mol. The van der Waals surface area contributed by atoms with E-state index in [1.165, 1.54) is 25.7 Å². The van der Waals surface area contributed by atoms with Crippen molar-refractivity contribution in [3.05, 3.63) is 35.4 Å². The molecule has 1 amide bonds. The van der Waals surface area contributed by atoms with E-state index in [1.54, 1.807) is 26.0 Å². The van der Waals surface area contributed by atoms with Crippen LogP contribution in [-0.4, -0.2) is 69.0 Å². The summed E-state index contributed by atoms with van der Waals surface area (Å²) in [4.78, 5) is 20.2. The van der Waals surface area contributed by atoms with Crippen LogP contribution in [0.2, 0.25) is 0 Å². The van der Waals surface area contributed by atoms with Gasteiger partial charge in [-0.3, -0.25) is 9.79 Å². The van der Waals surface area contributed by atoms with E-state index in [0.29, 0.717) is 12.1 Å². The number of aliphatic imine (C=N–C) groups is 1. The van der Waals surface area contributed by atoms with Crippen LogP contribution in [0.1, 0.15) is 41.6 Å². The number of carbonyl (C=O) groups is 1. The minimum absolute atomic E-state index is 0. The van der Waals surface area contributed by atoms with Crippen LogP contribution in [0.4, 0.5) is 0 Å². The monoisotopic (exact) mass is 487 g/mol. The maximum Gasteiger partial charge on any atom is 0.253 e. The van der Waals surface area contributed by atoms with Crippen molar-refractivity contribution in [3.8, 4) is 0 Å². The minimum atomic E-state index is 0. The highest BCUT2D eigenvalue weighted by Gasteiger charge is 2.18. The third kappa shape index (κ3) is 7.65. The summed E-state index contributed by atoms with van der Waals surface area (Å²) < 4.78 is 0. The summed E-state index contributed by atoms with van der Waals surface area (Å²) in [7, 11) is 7.52. The van der Waals surface area contributed by atoms with E-state index < -0.39 is 0 Å². The Kier molecular flexibility index (Phi) is 10.7. The fourth-order valence-electron chi connectivity index (χ4n) is 3.31. The van der Waals surface area contributed by atoms with Gasteiger partial charge in [-0.1, -0.05) is 25.0 Å². The molecular weight excluding hydrogens is 453 g/mol. The van der Waals surface area contributed by atoms with Gasteiger partial charge in [-0.05, 0) is 37.6 Å². The molecule has 1 aliphatic carbocycles. The van der Waals surface area contributed by atoms with E-state index in [4.69, 9.17) is 0 Å². The Hall–Kier alpha value is -1.35. The first-order valence-electron chi connectivity index (χ1n) is 9.46. The number of amides is 1. The SMILES string of the molecule is CN=C(NCCN(C)C1CCCC1)NCc1ccc(C(=O)N(C)C)cc1.I. The van der Waals surface area contributed by atoms with E-state index >= 15 is 0 Å². The number of likely N-dealkylation sites (N-methyl/N-ethyl adjacent to an activating group) is 1. The first kappa shape index (κ1) is 23.7. The zero-order chi connectivity index (χ0) is 18.9. The van der Waals surface area contributed by atoms with Gasteiger partial charge in [0.2, 0.25) is 0 Å². The van der Waals surface area contributed by atoms with Crippen molar-refractivity contribution in [2.45, 2.75) is 38.3 Å². The van der Waals surface area contributed by atoms with Crippen LogP contribution in [0.15, 0.2) is 29.3 Å². The Morgan fingerprint density at radius 2 is 1.74 bits per heavy atom. The average Bonchev–Trinajstić information content (AvgIpc) is 3.19. The van der Waals surface area contributed by atoms with E-state index in [9.17, 15) is 4.79 Å². The van der Waals surface area contributed by atoms with Crippen LogP contribution in [-0.2, 0) is 6.54 Å². The second-order valence-electron chi connectivity index (χ2n) is 7.17. The zero-order valence-electron chi connectivity index (χ0n) is 17.0. The van der Waals surface area contributed by atoms with Crippen LogP contribution in [0.25, 0.3) is 0 Å². The molecule has 1 aromatic rings. The molecule has 1 saturated carbocycles. The number of halogens is 1. The molecule has 2 N–H and O–H groups in total. The first-order chi connectivity index (χ1) is 12.5. The molecule has 0 heterocycles. The van der Waals surface area contributed by atoms with E-state index in [1.807, 2.05) is 24.3 Å². The van der Waals surface area contributed by atoms with Crippen molar-refractivity contribution in [1.82, 2.24) is 20.4 Å². The van der Waals surface area contributed by atoms with Gasteiger partial charge in [-0.2, -0.15) is 0 Å². The quantitative estimate of drug-likeness (QED) is 0.353. The fraction of sp³-hybridized carbons (Fsp3) is 0.600. The van der Waals surface area contributed by atoms with Crippen LogP contribution >= 0.6 is 24.0 Å². The molecule has 6 nitrogen and oxygen atoms in total. The number of hydrogen-bond donors (Lipinski definition) is 2. The summed E-state index contributed by atoms with van der Waals surface area (Å²) in [5.41, 5.74) is 1.82. The predicted octanol–water partition coefficient (Wildman–Crippen LogP) is 2.55. The van der Waals surface area contributed by atoms with E-state index in [2.05, 4.69) is 27.6 Å². The second-order valence-corrected chi connectivity index (χ2v) is 7.17. The van der Waals surface area contributed by atoms with Gasteiger partial charge in [0.15, 0.2) is 5.96 Å². The summed E-state index contributed by atoms with van der Waals surface area (Å²) in [6.45, 7) is 2.57. The van der Waals surface area contributed by atoms with Crippen molar-refractivity contribution in [2.75, 3.05) is 41.3 Å². The highest BCUT2D eigenvalue weighted by Crippen LogP contribution is 2.21. The Morgan fingerprint density at radius 3 is 2.30 bits per heavy atom. The van der Waals surface area contributed by atoms with Gasteiger partial charge in [-0.25, -0.2) is 0 Å². The molecule has 0 bridgehead atoms. The Balaban J connectivity index is 0.00000364. The second kappa shape index (κ2) is 12.2. The summed E-state index contributed by atoms with van der Waals surface area (Å²) in [5, 5.41) is 6.70. The molecule has 2 rings (SSSR count). The molecule has 0 atom stereocenters. The van der Waals surface area contributed by atoms with Crippen molar-refractivity contribution in [3.63, 3.8) is 0 Å². The van der Waals surface area contributed by atoms with Gasteiger partial charge in [0, 0.05) is 52.4 Å². The molecule has 1 aromatic carbocycles. The van der Waals surface area contributed by atoms with Crippen LogP contribution in [0.5, 0.6) is 0 Å². The lowest BCUT2D eigenvalue weighted by Crippen LogP contribution is -2.42. The van der Waals surface area contributed by atoms with Crippen LogP contribution in [0.3, 0.4) is 0 Å². The molecule has 0 radical (unpaired) electrons. The van der Waals surface area contributed by atoms with Crippen LogP contribution < -0.4 is 10.6 Å². The number of benzene rings is 1. The van der Waals surface area contributed by atoms with Crippen molar-refractivity contribution in [2.24, 2.45) is 4.99 Å². The third-order valence-electron chi connectivity index (χ3n) is 5.00. The normalized spacial score (nSPS) is 14.8. The summed E-state index contributed by atoms with van der Waals surface area (Å²) in [6.07, 6.45) is 5.39. The Bertz CT molecular complexity index is 597. The molecule has 27 heavy (non-hydrogen) atoms. The van der Waals surface area contributed by atoms with Gasteiger partial charge in [0.25, 0.3) is 5.91 Å². The highest BCUT2D eigenvalue weighted by atomic mass is 127. The number of rotatable bonds is 7. The van der Waals surface area contributed by atoms with Gasteiger partial charge in [0.1, 0.15) is 0 Å². The molecular formula is C20H34IN5O. The number of nitrogens with one attached hydrogen (secondary N) is 2. The molecule has 152 valence electrons. The first-order valence-corrected chi connectivity index (χ1v) is 9.46. The van der Waals surface area contributed by atoms with Crippen molar-refractivity contribution in [1.29, 1.82) is 0 Å². The average molecular weight is 487 g/mol. The molecule has 0 unspecified atom stereocenters. The maximum absolute atomic E-state index is 11.9. The van der Waals surface area contributed by atoms with Crippen molar-refractivity contribution >= 4 is 35.8 Å². The van der Waals surface area contributed by atoms with Gasteiger partial charge < -0.3 is 20.4 Å². The number of guanidine groups is 1. The topological polar surface area (TPSA) is 60.0 Å². The molecule has 7 heteroatoms. The Labute approximate surface area is 180 Å². The fourth-order valence-corrected chi connectivity index (χ4v) is 3.31. The summed E-state index contributed by atoms with van der Waals surface area (Å²) >= 11 is 0. The van der Waals surface area contributed by atoms with Gasteiger partial charge >= 0.3 is 0 Å². The molecule has 0 spiro atoms. The van der Waals surface area contributed by atoms with E-state index in [-0.39, 0.29) is 29.9 Å². The molecule has 0 saturated heterocycles. The standard InChI is InChI=1S/C20H33N5O.HI/c1-21-20(22-13-14-25(4)18-7-5-6-8-18)23-15-16-9-11-17(12-10-16)19(26)24(2)3;/h9-12,18H,5-8,13-15H2,1-4H3,(H2,21,22,23);1H. The molecule has 1 fully saturated rings. The van der Waals surface area contributed by atoms with Gasteiger partial charge in [0.05, 0.1) is 0 Å². The van der Waals surface area contributed by atoms with E-state index in [0.717, 1.165) is 30.7 Å². The summed E-state index contributed by atoms with van der Waals surface area (Å²) in [5.74, 6) is 0.826. The number of hydrogen-bond acceptors (Lipinski definition) is 3. The number of nitrogens with zero attached hydrogens (tertiary/aromatic N) is 3. The lowest BCUT2D eigenvalue weighted by atomic mass is 10.1. The van der Waals surface area contributed by atoms with Crippen LogP contribution in [0, 0.1) is 0 Å². The van der Waals surface area contributed by atoms with Crippen molar-refractivity contribution < 1.29 is 4.79 Å². The smallest absolute Gasteiger partial charge is 0.253 e. The highest BCUT2D eigenvalue weighted by molar-refractivity contribution is 14.0. The molecule has 0 aliphatic heterocycles. The molecule has 1 aliphatic rings. The zero-order valence-corrected chi connectivity index (χ0v) is 19.3. The largest absolute Gasteiger partial charge is 0.355 e. The lowest BCUT2D eigenvalue weighted by molar-refractivity contribution is 0.0827. The van der Waals surface area contributed by atoms with Gasteiger partial charge in [-0.15, -0.1) is 24.0 Å². The minimum Gasteiger partial charge on any atom is -0.355 e. The number of carbonyl (C=O) groups excluding carboxylic acids is 1. The lowest BCUT2D eigenvalue weighted by Gasteiger charge is -2.24. The maximum atomic E-state index is 11.9. The third-order valence-corrected chi connectivity index (χ3v) is 5.00. The Morgan fingerprint density at radius 1 is 1.11 bits per heavy atom. The molecule has 0 aromatic heterocycles. The summed E-state index contributed by atoms with van der Waals surface area (Å²) in [6, 6.07) is 8.43.